The van der Waals surface area contributed by atoms with E-state index >= 15 is 0 Å². The third-order valence-corrected chi connectivity index (χ3v) is 17.8. The van der Waals surface area contributed by atoms with Crippen molar-refractivity contribution in [3.63, 3.8) is 0 Å². The zero-order valence-electron chi connectivity index (χ0n) is 33.6. The summed E-state index contributed by atoms with van der Waals surface area (Å²) in [5, 5.41) is 0. The molecule has 0 heteroatoms. The van der Waals surface area contributed by atoms with Gasteiger partial charge in [-0.15, -0.1) is 0 Å². The van der Waals surface area contributed by atoms with E-state index in [0.717, 1.165) is 63.6 Å². The van der Waals surface area contributed by atoms with Crippen molar-refractivity contribution in [2.75, 3.05) is 0 Å². The summed E-state index contributed by atoms with van der Waals surface area (Å²) in [4.78, 5) is 0. The van der Waals surface area contributed by atoms with Gasteiger partial charge in [-0.25, -0.2) is 0 Å². The third kappa shape index (κ3) is 6.60. The average molecular weight is 635 g/mol. The highest BCUT2D eigenvalue weighted by Crippen LogP contribution is 2.72. The van der Waals surface area contributed by atoms with Gasteiger partial charge < -0.3 is 0 Å². The highest BCUT2D eigenvalue weighted by atomic mass is 14.7. The van der Waals surface area contributed by atoms with Crippen molar-refractivity contribution in [2.24, 2.45) is 85.2 Å². The Kier molecular flexibility index (Phi) is 9.39. The van der Waals surface area contributed by atoms with Crippen molar-refractivity contribution >= 4 is 0 Å². The lowest BCUT2D eigenvalue weighted by Crippen LogP contribution is -2.58. The molecule has 13 aliphatic rings. The summed E-state index contributed by atoms with van der Waals surface area (Å²) < 4.78 is 0. The monoisotopic (exact) mass is 635 g/mol. The minimum absolute atomic E-state index is 0.554. The molecule has 0 aromatic carbocycles. The van der Waals surface area contributed by atoms with Gasteiger partial charge in [0.2, 0.25) is 0 Å². The van der Waals surface area contributed by atoms with Crippen LogP contribution in [0.25, 0.3) is 0 Å². The van der Waals surface area contributed by atoms with Crippen LogP contribution < -0.4 is 0 Å². The zero-order valence-corrected chi connectivity index (χ0v) is 33.6. The fraction of sp³-hybridized carbons (Fsp3) is 1.00. The lowest BCUT2D eigenvalue weighted by molar-refractivity contribution is -0.181. The van der Waals surface area contributed by atoms with Crippen molar-refractivity contribution in [1.82, 2.24) is 0 Å². The van der Waals surface area contributed by atoms with Gasteiger partial charge in [-0.3, -0.25) is 0 Å². The number of hydrogen-bond donors (Lipinski definition) is 0. The summed E-state index contributed by atoms with van der Waals surface area (Å²) in [5.74, 6) is 8.89. The highest BCUT2D eigenvalue weighted by molar-refractivity contribution is 5.12. The molecule has 0 amide bonds. The fourth-order valence-electron chi connectivity index (χ4n) is 14.3. The Hall–Kier alpha value is 0. The van der Waals surface area contributed by atoms with E-state index in [-0.39, 0.29) is 0 Å². The maximum atomic E-state index is 2.47. The number of rotatable bonds is 0. The largest absolute Gasteiger partial charge is 0.0599 e. The Morgan fingerprint density at radius 2 is 0.783 bits per heavy atom. The first kappa shape index (κ1) is 35.8. The summed E-state index contributed by atoms with van der Waals surface area (Å²) in [7, 11) is 0. The van der Waals surface area contributed by atoms with Crippen LogP contribution in [0.4, 0.5) is 0 Å². The van der Waals surface area contributed by atoms with Crippen LogP contribution in [-0.2, 0) is 0 Å². The molecule has 0 aromatic heterocycles. The van der Waals surface area contributed by atoms with Gasteiger partial charge in [0.25, 0.3) is 0 Å². The molecule has 0 aliphatic heterocycles. The number of hydrogen-bond acceptors (Lipinski definition) is 0. The molecule has 13 aliphatic carbocycles. The molecule has 0 N–H and O–H groups in total. The van der Waals surface area contributed by atoms with Crippen LogP contribution >= 0.6 is 0 Å². The van der Waals surface area contributed by atoms with Gasteiger partial charge in [0, 0.05) is 0 Å². The average Bonchev–Trinajstić information content (AvgIpc) is 2.85. The fourth-order valence-corrected chi connectivity index (χ4v) is 14.3. The number of fused-ring (bicyclic) bond motifs is 5. The molecule has 13 rings (SSSR count). The SMILES string of the molecule is CC(C)(C)C12CC(C1)C2.CC(C)(C)C12CCC(CC1)CC2.CC(C)(C)C12CCCC(C1)C2.CC(C)(C)C1C2CC3CC(C2)CC1C3. The highest BCUT2D eigenvalue weighted by Gasteiger charge is 2.62. The Bertz CT molecular complexity index is 965. The molecule has 0 nitrogen and oxygen atoms in total. The topological polar surface area (TPSA) is 0 Å². The minimum atomic E-state index is 0.554. The zero-order chi connectivity index (χ0) is 33.6. The maximum absolute atomic E-state index is 2.47. The van der Waals surface area contributed by atoms with E-state index in [0.29, 0.717) is 21.7 Å². The molecule has 0 aromatic rings. The van der Waals surface area contributed by atoms with Crippen molar-refractivity contribution in [3.05, 3.63) is 0 Å². The smallest absolute Gasteiger partial charge is 0.0241 e. The van der Waals surface area contributed by atoms with Gasteiger partial charge in [0.15, 0.2) is 0 Å². The second-order valence-electron chi connectivity index (χ2n) is 24.0. The van der Waals surface area contributed by atoms with Crippen molar-refractivity contribution in [2.45, 2.75) is 205 Å². The molecule has 0 heterocycles. The van der Waals surface area contributed by atoms with Crippen LogP contribution in [0.5, 0.6) is 0 Å². The van der Waals surface area contributed by atoms with Crippen LogP contribution in [0.2, 0.25) is 0 Å². The van der Waals surface area contributed by atoms with Gasteiger partial charge in [-0.2, -0.15) is 0 Å². The summed E-state index contributed by atoms with van der Waals surface area (Å²) in [5.41, 5.74) is 4.59. The van der Waals surface area contributed by atoms with Crippen molar-refractivity contribution in [1.29, 1.82) is 0 Å². The first-order valence-electron chi connectivity index (χ1n) is 21.1. The second kappa shape index (κ2) is 12.1. The van der Waals surface area contributed by atoms with Crippen molar-refractivity contribution in [3.8, 4) is 0 Å². The predicted octanol–water partition coefficient (Wildman–Crippen LogP) is 14.6. The molecule has 13 fully saturated rings. The van der Waals surface area contributed by atoms with Crippen LogP contribution in [0.15, 0.2) is 0 Å². The van der Waals surface area contributed by atoms with E-state index in [1.807, 2.05) is 0 Å². The lowest BCUT2D eigenvalue weighted by atomic mass is 9.37. The maximum Gasteiger partial charge on any atom is -0.0241 e. The van der Waals surface area contributed by atoms with E-state index in [9.17, 15) is 0 Å². The molecular formula is C46H82. The third-order valence-electron chi connectivity index (χ3n) is 17.8. The summed E-state index contributed by atoms with van der Waals surface area (Å²) in [6, 6.07) is 0. The van der Waals surface area contributed by atoms with E-state index in [4.69, 9.17) is 0 Å². The van der Waals surface area contributed by atoms with Gasteiger partial charge in [0.1, 0.15) is 0 Å². The van der Waals surface area contributed by atoms with Gasteiger partial charge in [-0.05, 0) is 194 Å². The van der Waals surface area contributed by atoms with Gasteiger partial charge in [0.05, 0.1) is 0 Å². The van der Waals surface area contributed by atoms with Crippen molar-refractivity contribution < 1.29 is 0 Å². The standard InChI is InChI=1S/C14H24.C12H22.C11H20.C9H16/c1-14(2,3)13-11-5-9-4-10(7-11)8-12(13)6-9;1-11(2,3)12-7-4-10(5-8-12)6-9-12;1-10(2,3)11-6-4-5-9(7-11)8-11;1-8(2,3)9-4-7(5-9)6-9/h9-13H,4-8H2,1-3H3;10H,4-9H2,1-3H3;9H,4-8H2,1-3H3;7H,4-6H2,1-3H3. The molecule has 0 radical (unpaired) electrons. The first-order valence-corrected chi connectivity index (χ1v) is 21.1. The molecule has 0 saturated heterocycles. The Balaban J connectivity index is 0.000000109. The second-order valence-corrected chi connectivity index (χ2v) is 24.0. The van der Waals surface area contributed by atoms with Crippen LogP contribution in [0.1, 0.15) is 205 Å². The molecular weight excluding hydrogens is 553 g/mol. The first-order chi connectivity index (χ1) is 21.1. The Morgan fingerprint density at radius 1 is 0.370 bits per heavy atom. The summed E-state index contributed by atoms with van der Waals surface area (Å²) in [6.45, 7) is 29.2. The van der Waals surface area contributed by atoms with Crippen LogP contribution in [0.3, 0.4) is 0 Å². The van der Waals surface area contributed by atoms with E-state index in [1.165, 1.54) is 89.9 Å². The summed E-state index contributed by atoms with van der Waals surface area (Å²) in [6.07, 6.45) is 29.2. The molecule has 0 atom stereocenters. The van der Waals surface area contributed by atoms with Gasteiger partial charge in [-0.1, -0.05) is 95.9 Å². The molecule has 46 heavy (non-hydrogen) atoms. The summed E-state index contributed by atoms with van der Waals surface area (Å²) >= 11 is 0. The molecule has 0 spiro atoms. The quantitative estimate of drug-likeness (QED) is 0.249. The normalized spacial score (nSPS) is 46.2. The Morgan fingerprint density at radius 3 is 1.02 bits per heavy atom. The van der Waals surface area contributed by atoms with Crippen LogP contribution in [0, 0.1) is 85.2 Å². The van der Waals surface area contributed by atoms with Gasteiger partial charge >= 0.3 is 0 Å². The minimum Gasteiger partial charge on any atom is -0.0599 e. The predicted molar refractivity (Wildman–Crippen MR) is 201 cm³/mol. The molecule has 0 unspecified atom stereocenters. The van der Waals surface area contributed by atoms with Crippen LogP contribution in [-0.4, -0.2) is 0 Å². The molecule has 13 saturated carbocycles. The molecule has 10 bridgehead atoms. The van der Waals surface area contributed by atoms with E-state index in [1.54, 1.807) is 32.1 Å². The Labute approximate surface area is 289 Å². The van der Waals surface area contributed by atoms with E-state index < -0.39 is 0 Å². The van der Waals surface area contributed by atoms with E-state index in [2.05, 4.69) is 83.1 Å². The molecule has 266 valence electrons. The lowest BCUT2D eigenvalue weighted by Gasteiger charge is -2.68.